The van der Waals surface area contributed by atoms with Gasteiger partial charge < -0.3 is 4.90 Å². The van der Waals surface area contributed by atoms with Crippen LogP contribution >= 0.6 is 0 Å². The van der Waals surface area contributed by atoms with Crippen LogP contribution in [0.25, 0.3) is 0 Å². The molecule has 3 aliphatic rings. The van der Waals surface area contributed by atoms with Crippen molar-refractivity contribution in [3.05, 3.63) is 35.4 Å². The average molecular weight is 313 g/mol. The van der Waals surface area contributed by atoms with Gasteiger partial charge in [-0.1, -0.05) is 31.2 Å². The van der Waals surface area contributed by atoms with Gasteiger partial charge in [-0.15, -0.1) is 0 Å². The molecular formula is C19H27N3O. The lowest BCUT2D eigenvalue weighted by molar-refractivity contribution is -0.134. The Hall–Kier alpha value is -1.39. The first-order chi connectivity index (χ1) is 11.1. The highest BCUT2D eigenvalue weighted by Crippen LogP contribution is 2.51. The molecule has 0 aromatic heterocycles. The molecule has 4 rings (SSSR count). The number of hydrogen-bond donors (Lipinski definition) is 2. The fraction of sp³-hybridized carbons (Fsp3) is 0.632. The number of hydrogen-bond acceptors (Lipinski definition) is 3. The number of nitrogens with zero attached hydrogens (tertiary/aromatic N) is 1. The molecule has 2 saturated heterocycles. The zero-order chi connectivity index (χ0) is 16.0. The van der Waals surface area contributed by atoms with Crippen LogP contribution in [0.3, 0.4) is 0 Å². The van der Waals surface area contributed by atoms with Crippen LogP contribution in [-0.2, 0) is 10.2 Å². The number of amides is 1. The summed E-state index contributed by atoms with van der Waals surface area (Å²) < 4.78 is 0. The fourth-order valence-corrected chi connectivity index (χ4v) is 4.94. The van der Waals surface area contributed by atoms with E-state index in [0.29, 0.717) is 17.4 Å². The first-order valence-electron chi connectivity index (χ1n) is 8.98. The molecule has 3 unspecified atom stereocenters. The van der Waals surface area contributed by atoms with Gasteiger partial charge in [0.2, 0.25) is 5.91 Å². The van der Waals surface area contributed by atoms with Crippen LogP contribution in [0.15, 0.2) is 24.3 Å². The van der Waals surface area contributed by atoms with E-state index in [1.165, 1.54) is 12.0 Å². The molecule has 23 heavy (non-hydrogen) atoms. The second-order valence-corrected chi connectivity index (χ2v) is 7.78. The smallest absolute Gasteiger partial charge is 0.241 e. The summed E-state index contributed by atoms with van der Waals surface area (Å²) in [5, 5.41) is 0. The van der Waals surface area contributed by atoms with Crippen LogP contribution in [0.1, 0.15) is 56.6 Å². The van der Waals surface area contributed by atoms with Crippen LogP contribution < -0.4 is 10.9 Å². The van der Waals surface area contributed by atoms with Crippen molar-refractivity contribution >= 4 is 5.91 Å². The summed E-state index contributed by atoms with van der Waals surface area (Å²) in [6.07, 6.45) is 4.35. The van der Waals surface area contributed by atoms with Gasteiger partial charge in [-0.05, 0) is 55.1 Å². The van der Waals surface area contributed by atoms with Crippen molar-refractivity contribution in [1.29, 1.82) is 0 Å². The van der Waals surface area contributed by atoms with Gasteiger partial charge in [0, 0.05) is 19.1 Å². The summed E-state index contributed by atoms with van der Waals surface area (Å²) >= 11 is 0. The van der Waals surface area contributed by atoms with Gasteiger partial charge >= 0.3 is 0 Å². The van der Waals surface area contributed by atoms with Crippen molar-refractivity contribution in [3.8, 4) is 0 Å². The third-order valence-electron chi connectivity index (χ3n) is 6.18. The molecule has 1 aromatic carbocycles. The van der Waals surface area contributed by atoms with E-state index in [1.54, 1.807) is 5.56 Å². The molecule has 4 nitrogen and oxygen atoms in total. The zero-order valence-corrected chi connectivity index (χ0v) is 14.1. The highest BCUT2D eigenvalue weighted by Gasteiger charge is 2.45. The lowest BCUT2D eigenvalue weighted by Gasteiger charge is -2.41. The maximum Gasteiger partial charge on any atom is 0.241 e. The summed E-state index contributed by atoms with van der Waals surface area (Å²) in [6, 6.07) is 9.28. The van der Waals surface area contributed by atoms with Gasteiger partial charge in [0.05, 0.1) is 0 Å². The van der Waals surface area contributed by atoms with Crippen molar-refractivity contribution in [2.45, 2.75) is 62.9 Å². The average Bonchev–Trinajstić information content (AvgIpc) is 3.11. The van der Waals surface area contributed by atoms with Crippen LogP contribution in [0.5, 0.6) is 0 Å². The number of fused-ring (bicyclic) bond motifs is 2. The fourth-order valence-electron chi connectivity index (χ4n) is 4.94. The standard InChI is InChI=1S/C19H27N3O/c1-13-12-19(16-6-4-3-5-15(13)16)7-9-22(10-8-19)18(23)17-11-14(2)20-21-17/h3-6,13-14,17,20-21H,7-12H2,1-2H3. The SMILES string of the molecule is CC1CC(C(=O)N2CCC3(CC2)CC(C)c2ccccc23)NN1. The topological polar surface area (TPSA) is 44.4 Å². The lowest BCUT2D eigenvalue weighted by atomic mass is 9.73. The highest BCUT2D eigenvalue weighted by atomic mass is 16.2. The van der Waals surface area contributed by atoms with Crippen LogP contribution in [-0.4, -0.2) is 36.0 Å². The minimum absolute atomic E-state index is 0.0474. The van der Waals surface area contributed by atoms with E-state index in [-0.39, 0.29) is 11.9 Å². The Labute approximate surface area is 138 Å². The van der Waals surface area contributed by atoms with E-state index in [9.17, 15) is 4.79 Å². The van der Waals surface area contributed by atoms with Gasteiger partial charge in [-0.3, -0.25) is 10.2 Å². The largest absolute Gasteiger partial charge is 0.341 e. The summed E-state index contributed by atoms with van der Waals surface area (Å²) in [5.74, 6) is 0.922. The summed E-state index contributed by atoms with van der Waals surface area (Å²) in [7, 11) is 0. The number of rotatable bonds is 1. The van der Waals surface area contributed by atoms with Gasteiger partial charge in [0.1, 0.15) is 6.04 Å². The summed E-state index contributed by atoms with van der Waals surface area (Å²) in [4.78, 5) is 14.8. The molecule has 1 aliphatic carbocycles. The van der Waals surface area contributed by atoms with E-state index in [4.69, 9.17) is 0 Å². The summed E-state index contributed by atoms with van der Waals surface area (Å²) in [6.45, 7) is 6.25. The van der Waals surface area contributed by atoms with E-state index >= 15 is 0 Å². The predicted octanol–water partition coefficient (Wildman–Crippen LogP) is 2.31. The molecule has 4 heteroatoms. The van der Waals surface area contributed by atoms with E-state index in [2.05, 4.69) is 53.9 Å². The van der Waals surface area contributed by atoms with Gasteiger partial charge in [0.25, 0.3) is 0 Å². The first kappa shape index (κ1) is 15.2. The number of likely N-dealkylation sites (tertiary alicyclic amines) is 1. The Balaban J connectivity index is 1.47. The quantitative estimate of drug-likeness (QED) is 0.836. The number of nitrogens with one attached hydrogen (secondary N) is 2. The van der Waals surface area contributed by atoms with Crippen molar-refractivity contribution in [1.82, 2.24) is 15.8 Å². The van der Waals surface area contributed by atoms with Crippen molar-refractivity contribution in [2.75, 3.05) is 13.1 Å². The number of carbonyl (C=O) groups excluding carboxylic acids is 1. The van der Waals surface area contributed by atoms with Gasteiger partial charge in [-0.2, -0.15) is 0 Å². The maximum absolute atomic E-state index is 12.7. The number of piperidine rings is 1. The van der Waals surface area contributed by atoms with Gasteiger partial charge in [-0.25, -0.2) is 5.43 Å². The lowest BCUT2D eigenvalue weighted by Crippen LogP contribution is -2.50. The third-order valence-corrected chi connectivity index (χ3v) is 6.18. The molecule has 124 valence electrons. The maximum atomic E-state index is 12.7. The molecular weight excluding hydrogens is 286 g/mol. The monoisotopic (exact) mass is 313 g/mol. The Kier molecular flexibility index (Phi) is 3.69. The number of benzene rings is 1. The Morgan fingerprint density at radius 3 is 2.61 bits per heavy atom. The molecule has 2 heterocycles. The molecule has 2 N–H and O–H groups in total. The molecule has 0 bridgehead atoms. The molecule has 1 amide bonds. The molecule has 3 atom stereocenters. The molecule has 0 saturated carbocycles. The number of hydrazine groups is 1. The minimum atomic E-state index is -0.0474. The zero-order valence-electron chi connectivity index (χ0n) is 14.1. The first-order valence-corrected chi connectivity index (χ1v) is 8.98. The Morgan fingerprint density at radius 1 is 1.17 bits per heavy atom. The van der Waals surface area contributed by atoms with Gasteiger partial charge in [0.15, 0.2) is 0 Å². The molecule has 2 fully saturated rings. The summed E-state index contributed by atoms with van der Waals surface area (Å²) in [5.41, 5.74) is 9.69. The highest BCUT2D eigenvalue weighted by molar-refractivity contribution is 5.82. The molecule has 1 spiro atoms. The second-order valence-electron chi connectivity index (χ2n) is 7.78. The number of carbonyl (C=O) groups is 1. The van der Waals surface area contributed by atoms with Crippen LogP contribution in [0.2, 0.25) is 0 Å². The van der Waals surface area contributed by atoms with E-state index in [1.807, 2.05) is 0 Å². The van der Waals surface area contributed by atoms with Crippen molar-refractivity contribution in [2.24, 2.45) is 0 Å². The predicted molar refractivity (Wildman–Crippen MR) is 91.1 cm³/mol. The van der Waals surface area contributed by atoms with Crippen molar-refractivity contribution < 1.29 is 4.79 Å². The molecule has 1 aromatic rings. The Bertz CT molecular complexity index is 606. The third kappa shape index (κ3) is 2.48. The second kappa shape index (κ2) is 5.60. The van der Waals surface area contributed by atoms with Crippen LogP contribution in [0, 0.1) is 0 Å². The van der Waals surface area contributed by atoms with E-state index in [0.717, 1.165) is 32.4 Å². The van der Waals surface area contributed by atoms with Crippen molar-refractivity contribution in [3.63, 3.8) is 0 Å². The normalized spacial score (nSPS) is 32.3. The van der Waals surface area contributed by atoms with E-state index < -0.39 is 0 Å². The van der Waals surface area contributed by atoms with Crippen LogP contribution in [0.4, 0.5) is 0 Å². The minimum Gasteiger partial charge on any atom is -0.341 e. The molecule has 0 radical (unpaired) electrons. The Morgan fingerprint density at radius 2 is 1.91 bits per heavy atom. The molecule has 2 aliphatic heterocycles.